The Morgan fingerprint density at radius 1 is 1.09 bits per heavy atom. The maximum atomic E-state index is 13.0. The quantitative estimate of drug-likeness (QED) is 0.464. The van der Waals surface area contributed by atoms with E-state index in [0.29, 0.717) is 35.6 Å². The predicted molar refractivity (Wildman–Crippen MR) is 132 cm³/mol. The molecule has 2 amide bonds. The summed E-state index contributed by atoms with van der Waals surface area (Å²) in [7, 11) is 3.16. The van der Waals surface area contributed by atoms with Crippen LogP contribution in [0.5, 0.6) is 5.75 Å². The lowest BCUT2D eigenvalue weighted by Gasteiger charge is -2.23. The smallest absolute Gasteiger partial charge is 0.246 e. The highest BCUT2D eigenvalue weighted by molar-refractivity contribution is 6.30. The van der Waals surface area contributed by atoms with Crippen LogP contribution < -0.4 is 10.1 Å². The molecule has 9 heteroatoms. The SMILES string of the molecule is COCCN(CC(=O)Nc1nc(-c2ccc(Cl)cc2)cn1-c1ccc(OC)cc1)C(=O)C(C)C. The van der Waals surface area contributed by atoms with Crippen molar-refractivity contribution in [3.63, 3.8) is 0 Å². The van der Waals surface area contributed by atoms with Crippen LogP contribution in [0.4, 0.5) is 5.95 Å². The van der Waals surface area contributed by atoms with Crippen LogP contribution in [0, 0.1) is 5.92 Å². The van der Waals surface area contributed by atoms with Crippen molar-refractivity contribution in [3.05, 3.63) is 59.8 Å². The van der Waals surface area contributed by atoms with Crippen molar-refractivity contribution in [2.75, 3.05) is 39.2 Å². The lowest BCUT2D eigenvalue weighted by molar-refractivity contribution is -0.138. The van der Waals surface area contributed by atoms with Gasteiger partial charge in [0.05, 0.1) is 19.4 Å². The minimum absolute atomic E-state index is 0.105. The molecule has 3 aromatic rings. The third-order valence-corrected chi connectivity index (χ3v) is 5.41. The zero-order valence-corrected chi connectivity index (χ0v) is 20.5. The number of hydrogen-bond acceptors (Lipinski definition) is 5. The summed E-state index contributed by atoms with van der Waals surface area (Å²) in [5.74, 6) is 0.347. The van der Waals surface area contributed by atoms with E-state index in [1.54, 1.807) is 44.8 Å². The van der Waals surface area contributed by atoms with E-state index in [9.17, 15) is 9.59 Å². The molecule has 0 aliphatic carbocycles. The fourth-order valence-electron chi connectivity index (χ4n) is 3.34. The molecule has 0 radical (unpaired) electrons. The second kappa shape index (κ2) is 11.7. The first-order valence-electron chi connectivity index (χ1n) is 10.9. The molecule has 2 aromatic carbocycles. The fourth-order valence-corrected chi connectivity index (χ4v) is 3.47. The van der Waals surface area contributed by atoms with Crippen LogP contribution in [0.2, 0.25) is 5.02 Å². The Morgan fingerprint density at radius 3 is 2.35 bits per heavy atom. The molecule has 8 nitrogen and oxygen atoms in total. The Hall–Kier alpha value is -3.36. The minimum Gasteiger partial charge on any atom is -0.497 e. The number of benzene rings is 2. The van der Waals surface area contributed by atoms with E-state index in [4.69, 9.17) is 21.1 Å². The van der Waals surface area contributed by atoms with E-state index >= 15 is 0 Å². The number of carbonyl (C=O) groups excluding carboxylic acids is 2. The van der Waals surface area contributed by atoms with Gasteiger partial charge in [-0.25, -0.2) is 4.98 Å². The van der Waals surface area contributed by atoms with E-state index in [-0.39, 0.29) is 24.3 Å². The third kappa shape index (κ3) is 6.36. The summed E-state index contributed by atoms with van der Waals surface area (Å²) < 4.78 is 12.1. The van der Waals surface area contributed by atoms with Gasteiger partial charge in [-0.3, -0.25) is 19.5 Å². The molecule has 34 heavy (non-hydrogen) atoms. The molecule has 0 aliphatic heterocycles. The number of amides is 2. The van der Waals surface area contributed by atoms with Crippen LogP contribution >= 0.6 is 11.6 Å². The number of nitrogens with zero attached hydrogens (tertiary/aromatic N) is 3. The van der Waals surface area contributed by atoms with E-state index in [0.717, 1.165) is 11.3 Å². The standard InChI is InChI=1S/C25H29ClN4O4/c1-17(2)24(32)29(13-14-33-3)16-23(31)28-25-27-22(18-5-7-19(26)8-6-18)15-30(25)20-9-11-21(34-4)12-10-20/h5-12,15,17H,13-14,16H2,1-4H3,(H,27,28,31). The first kappa shape index (κ1) is 25.3. The maximum Gasteiger partial charge on any atom is 0.246 e. The molecule has 1 aromatic heterocycles. The van der Waals surface area contributed by atoms with Crippen LogP contribution in [-0.4, -0.2) is 60.2 Å². The van der Waals surface area contributed by atoms with Crippen molar-refractivity contribution in [3.8, 4) is 22.7 Å². The molecule has 0 spiro atoms. The number of ether oxygens (including phenoxy) is 2. The van der Waals surface area contributed by atoms with Gasteiger partial charge >= 0.3 is 0 Å². The first-order valence-corrected chi connectivity index (χ1v) is 11.3. The Morgan fingerprint density at radius 2 is 1.76 bits per heavy atom. The highest BCUT2D eigenvalue weighted by atomic mass is 35.5. The van der Waals surface area contributed by atoms with Gasteiger partial charge in [-0.2, -0.15) is 0 Å². The fraction of sp³-hybridized carbons (Fsp3) is 0.320. The number of rotatable bonds is 10. The molecular formula is C25H29ClN4O4. The average Bonchev–Trinajstić information content (AvgIpc) is 3.25. The molecule has 0 atom stereocenters. The number of anilines is 1. The molecule has 180 valence electrons. The summed E-state index contributed by atoms with van der Waals surface area (Å²) in [5.41, 5.74) is 2.31. The number of carbonyl (C=O) groups is 2. The molecule has 0 unspecified atom stereocenters. The molecule has 0 aliphatic rings. The van der Waals surface area contributed by atoms with Crippen LogP contribution in [0.1, 0.15) is 13.8 Å². The van der Waals surface area contributed by atoms with Crippen molar-refractivity contribution in [1.82, 2.24) is 14.5 Å². The highest BCUT2D eigenvalue weighted by Gasteiger charge is 2.21. The second-order valence-electron chi connectivity index (χ2n) is 7.98. The topological polar surface area (TPSA) is 85.7 Å². The van der Waals surface area contributed by atoms with Crippen molar-refractivity contribution in [2.24, 2.45) is 5.92 Å². The number of nitrogens with one attached hydrogen (secondary N) is 1. The highest BCUT2D eigenvalue weighted by Crippen LogP contribution is 2.26. The van der Waals surface area contributed by atoms with Crippen LogP contribution in [-0.2, 0) is 14.3 Å². The minimum atomic E-state index is -0.354. The zero-order valence-electron chi connectivity index (χ0n) is 19.7. The lowest BCUT2D eigenvalue weighted by atomic mass is 10.2. The first-order chi connectivity index (χ1) is 16.3. The summed E-state index contributed by atoms with van der Waals surface area (Å²) in [4.78, 5) is 31.6. The van der Waals surface area contributed by atoms with Crippen molar-refractivity contribution in [1.29, 1.82) is 0 Å². The van der Waals surface area contributed by atoms with Gasteiger partial charge in [0.15, 0.2) is 0 Å². The Kier molecular flexibility index (Phi) is 8.67. The van der Waals surface area contributed by atoms with Gasteiger partial charge in [0.25, 0.3) is 0 Å². The lowest BCUT2D eigenvalue weighted by Crippen LogP contribution is -2.42. The van der Waals surface area contributed by atoms with Crippen LogP contribution in [0.15, 0.2) is 54.7 Å². The molecule has 3 rings (SSSR count). The molecule has 0 saturated carbocycles. The molecular weight excluding hydrogens is 456 g/mol. The van der Waals surface area contributed by atoms with E-state index in [1.165, 1.54) is 4.90 Å². The summed E-state index contributed by atoms with van der Waals surface area (Å²) >= 11 is 6.03. The summed E-state index contributed by atoms with van der Waals surface area (Å²) in [6.07, 6.45) is 1.84. The van der Waals surface area contributed by atoms with Crippen LogP contribution in [0.3, 0.4) is 0 Å². The van der Waals surface area contributed by atoms with E-state index in [1.807, 2.05) is 42.6 Å². The maximum absolute atomic E-state index is 13.0. The predicted octanol–water partition coefficient (Wildman–Crippen LogP) is 4.27. The van der Waals surface area contributed by atoms with Gasteiger partial charge in [-0.1, -0.05) is 37.6 Å². The van der Waals surface area contributed by atoms with Gasteiger partial charge in [-0.15, -0.1) is 0 Å². The van der Waals surface area contributed by atoms with Gasteiger partial charge in [-0.05, 0) is 36.4 Å². The normalized spacial score (nSPS) is 10.9. The van der Waals surface area contributed by atoms with Gasteiger partial charge in [0.2, 0.25) is 17.8 Å². The zero-order chi connectivity index (χ0) is 24.7. The third-order valence-electron chi connectivity index (χ3n) is 5.15. The number of halogens is 1. The van der Waals surface area contributed by atoms with E-state index in [2.05, 4.69) is 10.3 Å². The number of methoxy groups -OCH3 is 2. The summed E-state index contributed by atoms with van der Waals surface area (Å²) in [6, 6.07) is 14.7. The molecule has 1 heterocycles. The monoisotopic (exact) mass is 484 g/mol. The summed E-state index contributed by atoms with van der Waals surface area (Å²) in [5, 5.41) is 3.48. The average molecular weight is 485 g/mol. The molecule has 0 bridgehead atoms. The van der Waals surface area contributed by atoms with Gasteiger partial charge in [0.1, 0.15) is 12.3 Å². The number of hydrogen-bond donors (Lipinski definition) is 1. The Balaban J connectivity index is 1.90. The summed E-state index contributed by atoms with van der Waals surface area (Å²) in [6.45, 7) is 4.16. The van der Waals surface area contributed by atoms with Gasteiger partial charge in [0, 0.05) is 42.0 Å². The Bertz CT molecular complexity index is 1110. The van der Waals surface area contributed by atoms with E-state index < -0.39 is 0 Å². The van der Waals surface area contributed by atoms with Crippen molar-refractivity contribution < 1.29 is 19.1 Å². The van der Waals surface area contributed by atoms with Crippen LogP contribution in [0.25, 0.3) is 16.9 Å². The molecule has 0 fully saturated rings. The molecule has 0 saturated heterocycles. The molecule has 1 N–H and O–H groups in total. The van der Waals surface area contributed by atoms with Crippen molar-refractivity contribution in [2.45, 2.75) is 13.8 Å². The number of imidazole rings is 1. The number of aromatic nitrogens is 2. The van der Waals surface area contributed by atoms with Gasteiger partial charge < -0.3 is 14.4 Å². The van der Waals surface area contributed by atoms with Crippen molar-refractivity contribution >= 4 is 29.4 Å². The second-order valence-corrected chi connectivity index (χ2v) is 8.42. The Labute approximate surface area is 204 Å². The largest absolute Gasteiger partial charge is 0.497 e.